The van der Waals surface area contributed by atoms with Gasteiger partial charge in [0.15, 0.2) is 0 Å². The van der Waals surface area contributed by atoms with Crippen molar-refractivity contribution in [3.8, 4) is 34.4 Å². The van der Waals surface area contributed by atoms with E-state index >= 15 is 0 Å². The quantitative estimate of drug-likeness (QED) is 0.131. The normalized spacial score (nSPS) is 10.6. The van der Waals surface area contributed by atoms with Crippen LogP contribution in [0.2, 0.25) is 0 Å². The van der Waals surface area contributed by atoms with E-state index in [0.29, 0.717) is 11.1 Å². The monoisotopic (exact) mass is 781 g/mol. The lowest BCUT2D eigenvalue weighted by atomic mass is 10.00. The number of anilines is 9. The highest BCUT2D eigenvalue weighted by atomic mass is 15.2. The van der Waals surface area contributed by atoms with Crippen LogP contribution in [0.1, 0.15) is 11.1 Å². The third-order valence-electron chi connectivity index (χ3n) is 10.7. The molecule has 0 aliphatic rings. The molecule has 0 amide bonds. The average molecular weight is 782 g/mol. The summed E-state index contributed by atoms with van der Waals surface area (Å²) in [5, 5.41) is 19.5. The fourth-order valence-corrected chi connectivity index (χ4v) is 7.82. The van der Waals surface area contributed by atoms with Gasteiger partial charge in [-0.05, 0) is 144 Å². The van der Waals surface area contributed by atoms with Gasteiger partial charge in [0.2, 0.25) is 0 Å². The molecule has 0 unspecified atom stereocenters. The van der Waals surface area contributed by atoms with E-state index in [0.717, 1.165) is 73.4 Å². The second-order valence-corrected chi connectivity index (χ2v) is 14.5. The van der Waals surface area contributed by atoms with Crippen molar-refractivity contribution in [2.75, 3.05) is 14.7 Å². The molecule has 0 atom stereocenters. The first-order chi connectivity index (χ1) is 30.2. The molecule has 0 saturated heterocycles. The Labute approximate surface area is 357 Å². The highest BCUT2D eigenvalue weighted by Gasteiger charge is 2.18. The van der Waals surface area contributed by atoms with E-state index in [9.17, 15) is 10.5 Å². The lowest BCUT2D eigenvalue weighted by Gasteiger charge is -2.29. The third kappa shape index (κ3) is 7.96. The van der Waals surface area contributed by atoms with E-state index in [2.05, 4.69) is 197 Å². The molecule has 5 nitrogen and oxygen atoms in total. The molecule has 0 aliphatic carbocycles. The van der Waals surface area contributed by atoms with Crippen molar-refractivity contribution in [2.24, 2.45) is 0 Å². The Bertz CT molecular complexity index is 2770. The Morgan fingerprint density at radius 1 is 0.230 bits per heavy atom. The summed E-state index contributed by atoms with van der Waals surface area (Å²) >= 11 is 0. The number of benzene rings is 9. The van der Waals surface area contributed by atoms with Crippen molar-refractivity contribution in [1.82, 2.24) is 0 Å². The molecule has 288 valence electrons. The molecule has 0 bridgehead atoms. The van der Waals surface area contributed by atoms with Gasteiger partial charge in [-0.15, -0.1) is 0 Å². The van der Waals surface area contributed by atoms with E-state index in [4.69, 9.17) is 0 Å². The molecule has 9 rings (SSSR count). The summed E-state index contributed by atoms with van der Waals surface area (Å²) in [4.78, 5) is 6.77. The maximum Gasteiger partial charge on any atom is 0.0998 e. The molecular formula is C56H39N5. The molecule has 9 aromatic rings. The van der Waals surface area contributed by atoms with Crippen LogP contribution in [0, 0.1) is 22.7 Å². The first kappa shape index (κ1) is 37.9. The van der Waals surface area contributed by atoms with Gasteiger partial charge in [0.1, 0.15) is 0 Å². The maximum atomic E-state index is 9.73. The SMILES string of the molecule is N#Cc1ccccc1-c1ccc(N(c2ccccc2)c2ccc(N(c3ccccc3)c3ccc(N(c4ccccc4)c4ccc(-c5ccccc5C#N)cc4)cc3)cc2)cc1. The number of hydrogen-bond acceptors (Lipinski definition) is 5. The topological polar surface area (TPSA) is 57.3 Å². The molecule has 0 aliphatic heterocycles. The molecule has 0 saturated carbocycles. The van der Waals surface area contributed by atoms with Gasteiger partial charge < -0.3 is 14.7 Å². The zero-order valence-electron chi connectivity index (χ0n) is 33.3. The van der Waals surface area contributed by atoms with Crippen molar-refractivity contribution >= 4 is 51.2 Å². The van der Waals surface area contributed by atoms with Crippen molar-refractivity contribution < 1.29 is 0 Å². The Morgan fingerprint density at radius 2 is 0.443 bits per heavy atom. The molecule has 0 heterocycles. The van der Waals surface area contributed by atoms with Gasteiger partial charge in [0.25, 0.3) is 0 Å². The highest BCUT2D eigenvalue weighted by Crippen LogP contribution is 2.42. The Hall–Kier alpha value is -8.64. The highest BCUT2D eigenvalue weighted by molar-refractivity contribution is 5.84. The largest absolute Gasteiger partial charge is 0.311 e. The van der Waals surface area contributed by atoms with Crippen molar-refractivity contribution in [1.29, 1.82) is 10.5 Å². The minimum absolute atomic E-state index is 0.655. The zero-order valence-corrected chi connectivity index (χ0v) is 33.3. The van der Waals surface area contributed by atoms with Crippen LogP contribution in [-0.4, -0.2) is 0 Å². The Balaban J connectivity index is 1.05. The average Bonchev–Trinajstić information content (AvgIpc) is 3.34. The molecule has 0 spiro atoms. The third-order valence-corrected chi connectivity index (χ3v) is 10.7. The zero-order chi connectivity index (χ0) is 41.4. The Kier molecular flexibility index (Phi) is 10.9. The van der Waals surface area contributed by atoms with Gasteiger partial charge in [0.05, 0.1) is 23.3 Å². The van der Waals surface area contributed by atoms with E-state index in [1.165, 1.54) is 0 Å². The lowest BCUT2D eigenvalue weighted by Crippen LogP contribution is -2.13. The van der Waals surface area contributed by atoms with E-state index < -0.39 is 0 Å². The van der Waals surface area contributed by atoms with Crippen LogP contribution in [0.4, 0.5) is 51.2 Å². The van der Waals surface area contributed by atoms with E-state index in [1.54, 1.807) is 0 Å². The first-order valence-electron chi connectivity index (χ1n) is 20.1. The second kappa shape index (κ2) is 17.5. The van der Waals surface area contributed by atoms with Crippen LogP contribution in [-0.2, 0) is 0 Å². The van der Waals surface area contributed by atoms with E-state index in [1.807, 2.05) is 66.7 Å². The van der Waals surface area contributed by atoms with Crippen LogP contribution in [0.25, 0.3) is 22.3 Å². The maximum absolute atomic E-state index is 9.73. The van der Waals surface area contributed by atoms with E-state index in [-0.39, 0.29) is 0 Å². The standard InChI is InChI=1S/C56H39N5/c57-40-44-14-10-12-22-55(44)42-24-28-49(29-25-42)59(46-16-4-1-5-17-46)51-32-36-53(37-33-51)61(48-20-8-3-9-21-48)54-38-34-52(35-39-54)60(47-18-6-2-7-19-47)50-30-26-43(27-31-50)56-23-13-11-15-45(56)41-58/h1-39H. The first-order valence-corrected chi connectivity index (χ1v) is 20.1. The number of hydrogen-bond donors (Lipinski definition) is 0. The molecule has 0 radical (unpaired) electrons. The van der Waals surface area contributed by atoms with Crippen LogP contribution in [0.3, 0.4) is 0 Å². The van der Waals surface area contributed by atoms with Gasteiger partial charge in [-0.25, -0.2) is 0 Å². The van der Waals surface area contributed by atoms with Crippen molar-refractivity contribution in [3.05, 3.63) is 248 Å². The predicted octanol–water partition coefficient (Wildman–Crippen LogP) is 15.2. The van der Waals surface area contributed by atoms with Crippen LogP contribution in [0.15, 0.2) is 237 Å². The fourth-order valence-electron chi connectivity index (χ4n) is 7.82. The summed E-state index contributed by atoms with van der Waals surface area (Å²) < 4.78 is 0. The summed E-state index contributed by atoms with van der Waals surface area (Å²) in [6, 6.07) is 85.4. The van der Waals surface area contributed by atoms with Gasteiger partial charge in [0, 0.05) is 51.2 Å². The number of rotatable bonds is 11. The predicted molar refractivity (Wildman–Crippen MR) is 251 cm³/mol. The number of para-hydroxylation sites is 3. The lowest BCUT2D eigenvalue weighted by molar-refractivity contribution is 1.24. The molecule has 9 aromatic carbocycles. The van der Waals surface area contributed by atoms with Crippen LogP contribution < -0.4 is 14.7 Å². The van der Waals surface area contributed by atoms with Gasteiger partial charge >= 0.3 is 0 Å². The second-order valence-electron chi connectivity index (χ2n) is 14.5. The van der Waals surface area contributed by atoms with Crippen LogP contribution >= 0.6 is 0 Å². The van der Waals surface area contributed by atoms with Crippen molar-refractivity contribution in [3.63, 3.8) is 0 Å². The molecule has 0 aromatic heterocycles. The number of nitrogens with zero attached hydrogens (tertiary/aromatic N) is 5. The minimum Gasteiger partial charge on any atom is -0.311 e. The van der Waals surface area contributed by atoms with Gasteiger partial charge in [-0.3, -0.25) is 0 Å². The molecule has 0 N–H and O–H groups in total. The minimum atomic E-state index is 0.655. The molecular weight excluding hydrogens is 743 g/mol. The van der Waals surface area contributed by atoms with Crippen molar-refractivity contribution in [2.45, 2.75) is 0 Å². The summed E-state index contributed by atoms with van der Waals surface area (Å²) in [6.45, 7) is 0. The summed E-state index contributed by atoms with van der Waals surface area (Å²) in [6.07, 6.45) is 0. The molecule has 5 heteroatoms. The number of nitriles is 2. The summed E-state index contributed by atoms with van der Waals surface area (Å²) in [5.41, 5.74) is 14.4. The van der Waals surface area contributed by atoms with Gasteiger partial charge in [-0.2, -0.15) is 10.5 Å². The van der Waals surface area contributed by atoms with Crippen LogP contribution in [0.5, 0.6) is 0 Å². The summed E-state index contributed by atoms with van der Waals surface area (Å²) in [7, 11) is 0. The van der Waals surface area contributed by atoms with Gasteiger partial charge in [-0.1, -0.05) is 115 Å². The molecule has 0 fully saturated rings. The summed E-state index contributed by atoms with van der Waals surface area (Å²) in [5.74, 6) is 0. The Morgan fingerprint density at radius 3 is 0.705 bits per heavy atom. The fraction of sp³-hybridized carbons (Fsp3) is 0. The molecule has 61 heavy (non-hydrogen) atoms. The smallest absolute Gasteiger partial charge is 0.0998 e.